The number of halogens is 1. The molecule has 1 aromatic carbocycles. The van der Waals surface area contributed by atoms with Gasteiger partial charge in [-0.05, 0) is 43.9 Å². The molecule has 1 saturated carbocycles. The number of anilines is 1. The van der Waals surface area contributed by atoms with Gasteiger partial charge in [0.25, 0.3) is 5.79 Å². The summed E-state index contributed by atoms with van der Waals surface area (Å²) in [6, 6.07) is 5.20. The Morgan fingerprint density at radius 2 is 1.84 bits per heavy atom. The summed E-state index contributed by atoms with van der Waals surface area (Å²) >= 11 is 6.26. The van der Waals surface area contributed by atoms with Crippen molar-refractivity contribution in [3.8, 4) is 5.75 Å². The lowest BCUT2D eigenvalue weighted by Gasteiger charge is -2.29. The van der Waals surface area contributed by atoms with Crippen molar-refractivity contribution in [2.45, 2.75) is 51.4 Å². The number of carbonyl (C=O) groups excluding carboxylic acids is 2. The molecular formula is C18H20ClNO5. The third-order valence-electron chi connectivity index (χ3n) is 4.03. The van der Waals surface area contributed by atoms with E-state index in [9.17, 15) is 9.59 Å². The van der Waals surface area contributed by atoms with Gasteiger partial charge in [-0.1, -0.05) is 11.6 Å². The maximum atomic E-state index is 11.9. The first-order valence-electron chi connectivity index (χ1n) is 8.24. The Labute approximate surface area is 151 Å². The standard InChI is InChI=1S/C18H20ClNO5/c1-18(2)24-16(21)13(17(22)25-18)10-20-11-7-8-15(14(19)9-11)23-12-5-3-4-6-12/h7-10,12,20H,3-6H2,1-2H3. The second-order valence-corrected chi connectivity index (χ2v) is 6.96. The van der Waals surface area contributed by atoms with Gasteiger partial charge < -0.3 is 19.5 Å². The molecule has 0 aromatic heterocycles. The molecule has 6 nitrogen and oxygen atoms in total. The maximum absolute atomic E-state index is 11.9. The van der Waals surface area contributed by atoms with E-state index in [1.807, 2.05) is 0 Å². The Hall–Kier alpha value is -2.21. The smallest absolute Gasteiger partial charge is 0.350 e. The predicted octanol–water partition coefficient (Wildman–Crippen LogP) is 3.79. The van der Waals surface area contributed by atoms with Crippen LogP contribution < -0.4 is 10.1 Å². The summed E-state index contributed by atoms with van der Waals surface area (Å²) in [5, 5.41) is 3.32. The number of nitrogens with one attached hydrogen (secondary N) is 1. The zero-order chi connectivity index (χ0) is 18.0. The first kappa shape index (κ1) is 17.6. The van der Waals surface area contributed by atoms with E-state index in [1.54, 1.807) is 18.2 Å². The van der Waals surface area contributed by atoms with E-state index >= 15 is 0 Å². The van der Waals surface area contributed by atoms with Crippen molar-refractivity contribution in [2.75, 3.05) is 5.32 Å². The fraction of sp³-hybridized carbons (Fsp3) is 0.444. The van der Waals surface area contributed by atoms with Crippen LogP contribution in [0.5, 0.6) is 5.75 Å². The zero-order valence-corrected chi connectivity index (χ0v) is 14.9. The van der Waals surface area contributed by atoms with Gasteiger partial charge in [-0.15, -0.1) is 0 Å². The molecular weight excluding hydrogens is 346 g/mol. The molecule has 0 bridgehead atoms. The molecule has 1 aliphatic heterocycles. The highest BCUT2D eigenvalue weighted by atomic mass is 35.5. The first-order chi connectivity index (χ1) is 11.8. The molecule has 3 rings (SSSR count). The summed E-state index contributed by atoms with van der Waals surface area (Å²) in [5.41, 5.74) is 0.406. The highest BCUT2D eigenvalue weighted by molar-refractivity contribution is 6.32. The number of benzene rings is 1. The van der Waals surface area contributed by atoms with Crippen LogP contribution in [0.15, 0.2) is 30.0 Å². The summed E-state index contributed by atoms with van der Waals surface area (Å²) < 4.78 is 15.9. The van der Waals surface area contributed by atoms with Crippen molar-refractivity contribution in [1.29, 1.82) is 0 Å². The Balaban J connectivity index is 1.67. The topological polar surface area (TPSA) is 73.9 Å². The van der Waals surface area contributed by atoms with Crippen LogP contribution in [0.3, 0.4) is 0 Å². The first-order valence-corrected chi connectivity index (χ1v) is 8.61. The molecule has 0 radical (unpaired) electrons. The van der Waals surface area contributed by atoms with E-state index in [1.165, 1.54) is 32.9 Å². The van der Waals surface area contributed by atoms with Gasteiger partial charge in [-0.25, -0.2) is 9.59 Å². The van der Waals surface area contributed by atoms with E-state index in [0.717, 1.165) is 12.8 Å². The molecule has 0 atom stereocenters. The number of cyclic esters (lactones) is 2. The minimum absolute atomic E-state index is 0.207. The summed E-state index contributed by atoms with van der Waals surface area (Å²) in [6.45, 7) is 2.99. The molecule has 0 unspecified atom stereocenters. The van der Waals surface area contributed by atoms with Crippen LogP contribution in [0.4, 0.5) is 5.69 Å². The van der Waals surface area contributed by atoms with Crippen molar-refractivity contribution in [2.24, 2.45) is 0 Å². The Morgan fingerprint density at radius 1 is 1.20 bits per heavy atom. The number of ether oxygens (including phenoxy) is 3. The second-order valence-electron chi connectivity index (χ2n) is 6.55. The zero-order valence-electron chi connectivity index (χ0n) is 14.1. The SMILES string of the molecule is CC1(C)OC(=O)C(=CNc2ccc(OC3CCCC3)c(Cl)c2)C(=O)O1. The third kappa shape index (κ3) is 4.25. The molecule has 2 aliphatic rings. The van der Waals surface area contributed by atoms with Crippen molar-refractivity contribution in [1.82, 2.24) is 0 Å². The van der Waals surface area contributed by atoms with Gasteiger partial charge in [0, 0.05) is 25.7 Å². The molecule has 0 spiro atoms. The van der Waals surface area contributed by atoms with Crippen LogP contribution in [0.1, 0.15) is 39.5 Å². The largest absolute Gasteiger partial charge is 0.489 e. The molecule has 1 aliphatic carbocycles. The number of hydrogen-bond donors (Lipinski definition) is 1. The minimum Gasteiger partial charge on any atom is -0.489 e. The van der Waals surface area contributed by atoms with Crippen molar-refractivity contribution in [3.05, 3.63) is 35.0 Å². The second kappa shape index (κ2) is 6.96. The maximum Gasteiger partial charge on any atom is 0.350 e. The number of esters is 2. The normalized spacial score (nSPS) is 20.0. The molecule has 134 valence electrons. The monoisotopic (exact) mass is 365 g/mol. The summed E-state index contributed by atoms with van der Waals surface area (Å²) in [4.78, 5) is 23.8. The van der Waals surface area contributed by atoms with Crippen LogP contribution in [-0.4, -0.2) is 23.8 Å². The average molecular weight is 366 g/mol. The highest BCUT2D eigenvalue weighted by Gasteiger charge is 2.38. The van der Waals surface area contributed by atoms with E-state index in [4.69, 9.17) is 25.8 Å². The van der Waals surface area contributed by atoms with Crippen LogP contribution in [0.2, 0.25) is 5.02 Å². The lowest BCUT2D eigenvalue weighted by Crippen LogP contribution is -2.42. The van der Waals surface area contributed by atoms with Gasteiger partial charge >= 0.3 is 11.9 Å². The highest BCUT2D eigenvalue weighted by Crippen LogP contribution is 2.32. The molecule has 2 fully saturated rings. The summed E-state index contributed by atoms with van der Waals surface area (Å²) in [7, 11) is 0. The van der Waals surface area contributed by atoms with Crippen LogP contribution in [0.25, 0.3) is 0 Å². The van der Waals surface area contributed by atoms with Crippen LogP contribution in [-0.2, 0) is 19.1 Å². The lowest BCUT2D eigenvalue weighted by atomic mass is 10.2. The van der Waals surface area contributed by atoms with Gasteiger partial charge in [-0.2, -0.15) is 0 Å². The summed E-state index contributed by atoms with van der Waals surface area (Å²) in [5.74, 6) is -2.10. The van der Waals surface area contributed by atoms with Gasteiger partial charge in [0.1, 0.15) is 5.75 Å². The molecule has 1 N–H and O–H groups in total. The molecule has 0 amide bonds. The van der Waals surface area contributed by atoms with Crippen LogP contribution in [0, 0.1) is 0 Å². The molecule has 25 heavy (non-hydrogen) atoms. The van der Waals surface area contributed by atoms with Gasteiger partial charge in [0.05, 0.1) is 11.1 Å². The van der Waals surface area contributed by atoms with Crippen molar-refractivity contribution < 1.29 is 23.8 Å². The Morgan fingerprint density at radius 3 is 2.44 bits per heavy atom. The van der Waals surface area contributed by atoms with Crippen molar-refractivity contribution >= 4 is 29.2 Å². The minimum atomic E-state index is -1.26. The average Bonchev–Trinajstić information content (AvgIpc) is 3.01. The summed E-state index contributed by atoms with van der Waals surface area (Å²) in [6.07, 6.45) is 5.92. The number of rotatable bonds is 4. The van der Waals surface area contributed by atoms with Gasteiger partial charge in [0.2, 0.25) is 0 Å². The number of carbonyl (C=O) groups is 2. The predicted molar refractivity (Wildman–Crippen MR) is 92.3 cm³/mol. The van der Waals surface area contributed by atoms with Gasteiger partial charge in [-0.3, -0.25) is 0 Å². The van der Waals surface area contributed by atoms with E-state index < -0.39 is 17.7 Å². The number of hydrogen-bond acceptors (Lipinski definition) is 6. The molecule has 1 saturated heterocycles. The molecule has 1 heterocycles. The van der Waals surface area contributed by atoms with E-state index in [-0.39, 0.29) is 11.7 Å². The Bertz CT molecular complexity index is 700. The van der Waals surface area contributed by atoms with E-state index in [2.05, 4.69) is 5.32 Å². The van der Waals surface area contributed by atoms with Crippen molar-refractivity contribution in [3.63, 3.8) is 0 Å². The molecule has 7 heteroatoms. The Kier molecular flexibility index (Phi) is 4.90. The fourth-order valence-corrected chi connectivity index (χ4v) is 3.03. The van der Waals surface area contributed by atoms with E-state index in [0.29, 0.717) is 16.5 Å². The molecule has 1 aromatic rings. The quantitative estimate of drug-likeness (QED) is 0.497. The van der Waals surface area contributed by atoms with Gasteiger partial charge in [0.15, 0.2) is 5.57 Å². The van der Waals surface area contributed by atoms with Crippen LogP contribution >= 0.6 is 11.6 Å². The fourth-order valence-electron chi connectivity index (χ4n) is 2.81. The lowest BCUT2D eigenvalue weighted by molar-refractivity contribution is -0.222. The third-order valence-corrected chi connectivity index (χ3v) is 4.32.